The van der Waals surface area contributed by atoms with Gasteiger partial charge in [0.1, 0.15) is 17.3 Å². The van der Waals surface area contributed by atoms with Crippen LogP contribution in [0, 0.1) is 6.92 Å². The second-order valence-corrected chi connectivity index (χ2v) is 8.17. The number of rotatable bonds is 7. The first-order valence-electron chi connectivity index (χ1n) is 9.70. The lowest BCUT2D eigenvalue weighted by Crippen LogP contribution is -2.27. The number of aromatic nitrogens is 4. The largest absolute Gasteiger partial charge is 0.497 e. The molecule has 0 saturated heterocycles. The molecule has 0 aliphatic carbocycles. The van der Waals surface area contributed by atoms with E-state index in [2.05, 4.69) is 20.5 Å². The van der Waals surface area contributed by atoms with Gasteiger partial charge in [-0.2, -0.15) is 0 Å². The van der Waals surface area contributed by atoms with Gasteiger partial charge in [0.15, 0.2) is 5.16 Å². The van der Waals surface area contributed by atoms with Crippen LogP contribution < -0.4 is 10.1 Å². The lowest BCUT2D eigenvalue weighted by atomic mass is 10.1. The third-order valence-electron chi connectivity index (χ3n) is 5.10. The van der Waals surface area contributed by atoms with Crippen LogP contribution in [0.4, 0.5) is 0 Å². The average molecular weight is 456 g/mol. The summed E-state index contributed by atoms with van der Waals surface area (Å²) in [5.74, 6) is 1.40. The van der Waals surface area contributed by atoms with Crippen molar-refractivity contribution in [2.75, 3.05) is 19.9 Å². The Hall–Kier alpha value is -2.97. The van der Waals surface area contributed by atoms with Crippen molar-refractivity contribution in [3.63, 3.8) is 0 Å². The van der Waals surface area contributed by atoms with E-state index in [9.17, 15) is 4.79 Å². The molecule has 0 aliphatic heterocycles. The zero-order valence-electron chi connectivity index (χ0n) is 17.4. The number of halogens is 1. The number of ether oxygens (including phenoxy) is 1. The Morgan fingerprint density at radius 3 is 2.71 bits per heavy atom. The number of aromatic amines is 1. The number of fused-ring (bicyclic) bond motifs is 1. The van der Waals surface area contributed by atoms with Crippen molar-refractivity contribution in [1.29, 1.82) is 0 Å². The van der Waals surface area contributed by atoms with Crippen molar-refractivity contribution in [2.24, 2.45) is 0 Å². The lowest BCUT2D eigenvalue weighted by Gasteiger charge is -2.10. The molecule has 1 amide bonds. The minimum Gasteiger partial charge on any atom is -0.497 e. The van der Waals surface area contributed by atoms with Gasteiger partial charge in [0.05, 0.1) is 7.11 Å². The van der Waals surface area contributed by atoms with Crippen molar-refractivity contribution < 1.29 is 9.53 Å². The topological polar surface area (TPSA) is 84.8 Å². The van der Waals surface area contributed by atoms with Gasteiger partial charge in [-0.3, -0.25) is 9.36 Å². The van der Waals surface area contributed by atoms with Crippen LogP contribution in [0.2, 0.25) is 5.02 Å². The maximum Gasteiger partial charge on any atom is 0.268 e. The number of nitrogens with one attached hydrogen (secondary N) is 2. The van der Waals surface area contributed by atoms with Crippen LogP contribution in [-0.2, 0) is 6.42 Å². The molecule has 0 unspecified atom stereocenters. The van der Waals surface area contributed by atoms with E-state index in [1.54, 1.807) is 13.2 Å². The van der Waals surface area contributed by atoms with Gasteiger partial charge in [0, 0.05) is 34.6 Å². The maximum absolute atomic E-state index is 12.8. The summed E-state index contributed by atoms with van der Waals surface area (Å²) in [6.07, 6.45) is 2.50. The molecule has 4 rings (SSSR count). The summed E-state index contributed by atoms with van der Waals surface area (Å²) < 4.78 is 7.23. The van der Waals surface area contributed by atoms with Crippen molar-refractivity contribution >= 4 is 40.2 Å². The van der Waals surface area contributed by atoms with Gasteiger partial charge < -0.3 is 15.0 Å². The van der Waals surface area contributed by atoms with Crippen LogP contribution in [0.15, 0.2) is 47.6 Å². The molecule has 0 fully saturated rings. The average Bonchev–Trinajstić information content (AvgIpc) is 3.34. The van der Waals surface area contributed by atoms with Crippen LogP contribution >= 0.6 is 23.4 Å². The predicted molar refractivity (Wildman–Crippen MR) is 124 cm³/mol. The molecule has 2 aromatic carbocycles. The molecule has 0 spiro atoms. The highest BCUT2D eigenvalue weighted by Crippen LogP contribution is 2.25. The molecule has 0 bridgehead atoms. The molecule has 9 heteroatoms. The van der Waals surface area contributed by atoms with Crippen LogP contribution in [0.3, 0.4) is 0 Å². The molecule has 160 valence electrons. The normalized spacial score (nSPS) is 11.1. The number of carbonyl (C=O) groups is 1. The summed E-state index contributed by atoms with van der Waals surface area (Å²) in [5, 5.41) is 14.0. The Balaban J connectivity index is 1.49. The van der Waals surface area contributed by atoms with Gasteiger partial charge in [-0.25, -0.2) is 0 Å². The Labute approximate surface area is 189 Å². The zero-order chi connectivity index (χ0) is 22.0. The summed E-state index contributed by atoms with van der Waals surface area (Å²) >= 11 is 7.61. The third kappa shape index (κ3) is 4.26. The number of amides is 1. The SMILES string of the molecule is COc1ccc(-n2c(CCNC(=O)c3[nH]c4ccc(Cl)cc4c3C)nnc2SC)cc1. The number of H-pyrrole nitrogens is 1. The molecule has 31 heavy (non-hydrogen) atoms. The first-order chi connectivity index (χ1) is 15.0. The number of thioether (sulfide) groups is 1. The van der Waals surface area contributed by atoms with Crippen molar-refractivity contribution in [3.8, 4) is 11.4 Å². The Bertz CT molecular complexity index is 1230. The first-order valence-corrected chi connectivity index (χ1v) is 11.3. The van der Waals surface area contributed by atoms with E-state index in [0.29, 0.717) is 23.7 Å². The first kappa shape index (κ1) is 21.3. The van der Waals surface area contributed by atoms with Crippen LogP contribution in [-0.4, -0.2) is 45.6 Å². The number of hydrogen-bond donors (Lipinski definition) is 2. The Morgan fingerprint density at radius 1 is 1.23 bits per heavy atom. The van der Waals surface area contributed by atoms with Gasteiger partial charge in [-0.15, -0.1) is 10.2 Å². The quantitative estimate of drug-likeness (QED) is 0.403. The highest BCUT2D eigenvalue weighted by molar-refractivity contribution is 7.98. The van der Waals surface area contributed by atoms with Gasteiger partial charge in [0.25, 0.3) is 5.91 Å². The number of nitrogens with zero attached hydrogens (tertiary/aromatic N) is 3. The Morgan fingerprint density at radius 2 is 2.00 bits per heavy atom. The van der Waals surface area contributed by atoms with Gasteiger partial charge >= 0.3 is 0 Å². The summed E-state index contributed by atoms with van der Waals surface area (Å²) in [6, 6.07) is 13.3. The fourth-order valence-corrected chi connectivity index (χ4v) is 4.18. The van der Waals surface area contributed by atoms with Crippen LogP contribution in [0.5, 0.6) is 5.75 Å². The molecule has 0 saturated carbocycles. The summed E-state index contributed by atoms with van der Waals surface area (Å²) in [6.45, 7) is 2.34. The molecule has 7 nitrogen and oxygen atoms in total. The molecule has 0 radical (unpaired) electrons. The van der Waals surface area contributed by atoms with Crippen molar-refractivity contribution in [3.05, 3.63) is 64.6 Å². The molecule has 2 aromatic heterocycles. The minimum atomic E-state index is -0.162. The van der Waals surface area contributed by atoms with Crippen LogP contribution in [0.1, 0.15) is 21.9 Å². The highest BCUT2D eigenvalue weighted by atomic mass is 35.5. The minimum absolute atomic E-state index is 0.162. The molecule has 0 aliphatic rings. The number of methoxy groups -OCH3 is 1. The van der Waals surface area contributed by atoms with Crippen molar-refractivity contribution in [2.45, 2.75) is 18.5 Å². The fraction of sp³-hybridized carbons (Fsp3) is 0.227. The zero-order valence-corrected chi connectivity index (χ0v) is 19.0. The summed E-state index contributed by atoms with van der Waals surface area (Å²) in [5.41, 5.74) is 3.25. The van der Waals surface area contributed by atoms with E-state index >= 15 is 0 Å². The third-order valence-corrected chi connectivity index (χ3v) is 5.96. The number of benzene rings is 2. The van der Waals surface area contributed by atoms with Gasteiger partial charge in [-0.05, 0) is 61.2 Å². The number of aryl methyl sites for hydroxylation is 1. The molecule has 2 heterocycles. The monoisotopic (exact) mass is 455 g/mol. The van der Waals surface area contributed by atoms with E-state index in [-0.39, 0.29) is 5.91 Å². The van der Waals surface area contributed by atoms with E-state index in [4.69, 9.17) is 16.3 Å². The number of hydrogen-bond acceptors (Lipinski definition) is 5. The fourth-order valence-electron chi connectivity index (χ4n) is 3.49. The molecule has 4 aromatic rings. The summed E-state index contributed by atoms with van der Waals surface area (Å²) in [7, 11) is 1.64. The predicted octanol–water partition coefficient (Wildman–Crippen LogP) is 4.41. The van der Waals surface area contributed by atoms with E-state index < -0.39 is 0 Å². The van der Waals surface area contributed by atoms with Crippen molar-refractivity contribution in [1.82, 2.24) is 25.1 Å². The second kappa shape index (κ2) is 9.03. The van der Waals surface area contributed by atoms with E-state index in [1.165, 1.54) is 11.8 Å². The lowest BCUT2D eigenvalue weighted by molar-refractivity contribution is 0.0949. The second-order valence-electron chi connectivity index (χ2n) is 6.96. The van der Waals surface area contributed by atoms with Gasteiger partial charge in [-0.1, -0.05) is 23.4 Å². The maximum atomic E-state index is 12.8. The molecule has 2 N–H and O–H groups in total. The Kier molecular flexibility index (Phi) is 6.20. The standard InChI is InChI=1S/C22H22ClN5O2S/c1-13-17-12-14(23)4-9-18(17)25-20(13)21(29)24-11-10-19-26-27-22(31-3)28(19)15-5-7-16(30-2)8-6-15/h4-9,12,25H,10-11H2,1-3H3,(H,24,29). The smallest absolute Gasteiger partial charge is 0.268 e. The van der Waals surface area contributed by atoms with E-state index in [1.807, 2.05) is 54.1 Å². The summed E-state index contributed by atoms with van der Waals surface area (Å²) in [4.78, 5) is 15.9. The van der Waals surface area contributed by atoms with Gasteiger partial charge in [0.2, 0.25) is 0 Å². The molecular weight excluding hydrogens is 434 g/mol. The molecule has 0 atom stereocenters. The van der Waals surface area contributed by atoms with Crippen LogP contribution in [0.25, 0.3) is 16.6 Å². The highest BCUT2D eigenvalue weighted by Gasteiger charge is 2.17. The van der Waals surface area contributed by atoms with E-state index in [0.717, 1.165) is 38.9 Å². The number of carbonyl (C=O) groups excluding carboxylic acids is 1. The molecular formula is C22H22ClN5O2S.